The first-order valence-corrected chi connectivity index (χ1v) is 7.75. The molecule has 1 atom stereocenters. The van der Waals surface area contributed by atoms with Crippen LogP contribution in [0.4, 0.5) is 0 Å². The van der Waals surface area contributed by atoms with E-state index in [0.29, 0.717) is 6.42 Å². The second-order valence-electron chi connectivity index (χ2n) is 5.86. The number of nitrogens with zero attached hydrogens (tertiary/aromatic N) is 3. The molecule has 1 aliphatic heterocycles. The van der Waals surface area contributed by atoms with Gasteiger partial charge in [0.15, 0.2) is 5.82 Å². The Hall–Kier alpha value is -1.75. The van der Waals surface area contributed by atoms with Gasteiger partial charge in [0.25, 0.3) is 0 Å². The van der Waals surface area contributed by atoms with E-state index >= 15 is 0 Å². The van der Waals surface area contributed by atoms with E-state index in [-0.39, 0.29) is 5.41 Å². The van der Waals surface area contributed by atoms with Crippen molar-refractivity contribution in [2.45, 2.75) is 44.4 Å². The average Bonchev–Trinajstić information content (AvgIpc) is 2.99. The molecule has 3 heterocycles. The predicted octanol–water partition coefficient (Wildman–Crippen LogP) is 2.48. The normalized spacial score (nSPS) is 22.3. The van der Waals surface area contributed by atoms with Gasteiger partial charge in [-0.3, -0.25) is 4.98 Å². The second-order valence-corrected chi connectivity index (χ2v) is 5.86. The van der Waals surface area contributed by atoms with Gasteiger partial charge in [0, 0.05) is 25.4 Å². The number of hydrogen-bond donors (Lipinski definition) is 1. The molecule has 0 amide bonds. The average molecular weight is 286 g/mol. The molecule has 5 nitrogen and oxygen atoms in total. The first-order chi connectivity index (χ1) is 10.3. The predicted molar refractivity (Wildman–Crippen MR) is 80.0 cm³/mol. The van der Waals surface area contributed by atoms with Crippen molar-refractivity contribution in [2.75, 3.05) is 13.1 Å². The van der Waals surface area contributed by atoms with E-state index in [1.165, 1.54) is 6.42 Å². The van der Waals surface area contributed by atoms with Gasteiger partial charge in [-0.15, -0.1) is 0 Å². The number of nitrogens with one attached hydrogen (secondary N) is 1. The van der Waals surface area contributed by atoms with Crippen LogP contribution in [0.25, 0.3) is 0 Å². The van der Waals surface area contributed by atoms with Gasteiger partial charge in [0.1, 0.15) is 0 Å². The van der Waals surface area contributed by atoms with Crippen LogP contribution in [0.15, 0.2) is 29.0 Å². The number of piperidine rings is 1. The van der Waals surface area contributed by atoms with Gasteiger partial charge in [0.05, 0.1) is 5.41 Å². The van der Waals surface area contributed by atoms with Gasteiger partial charge >= 0.3 is 0 Å². The van der Waals surface area contributed by atoms with Crippen LogP contribution < -0.4 is 5.32 Å². The summed E-state index contributed by atoms with van der Waals surface area (Å²) in [6, 6.07) is 3.97. The van der Waals surface area contributed by atoms with Gasteiger partial charge in [-0.2, -0.15) is 4.98 Å². The van der Waals surface area contributed by atoms with E-state index in [2.05, 4.69) is 27.4 Å². The molecule has 1 aliphatic rings. The van der Waals surface area contributed by atoms with Gasteiger partial charge in [-0.1, -0.05) is 18.5 Å². The van der Waals surface area contributed by atoms with Crippen molar-refractivity contribution in [2.24, 2.45) is 0 Å². The Kier molecular flexibility index (Phi) is 4.29. The van der Waals surface area contributed by atoms with Gasteiger partial charge in [-0.05, 0) is 43.5 Å². The number of pyridine rings is 1. The lowest BCUT2D eigenvalue weighted by molar-refractivity contribution is 0.213. The van der Waals surface area contributed by atoms with Gasteiger partial charge in [0.2, 0.25) is 5.89 Å². The third-order valence-corrected chi connectivity index (χ3v) is 4.23. The monoisotopic (exact) mass is 286 g/mol. The maximum absolute atomic E-state index is 5.62. The summed E-state index contributed by atoms with van der Waals surface area (Å²) in [4.78, 5) is 8.71. The molecule has 0 bridgehead atoms. The van der Waals surface area contributed by atoms with E-state index in [4.69, 9.17) is 4.52 Å². The van der Waals surface area contributed by atoms with Crippen LogP contribution in [0.1, 0.15) is 49.9 Å². The molecule has 112 valence electrons. The summed E-state index contributed by atoms with van der Waals surface area (Å²) in [5.74, 6) is 1.57. The smallest absolute Gasteiger partial charge is 0.234 e. The zero-order chi connectivity index (χ0) is 14.5. The standard InChI is InChI=1S/C16H22N4O/c1-2-6-16(7-3-8-18-12-16)15-19-14(20-21-15)11-13-4-9-17-10-5-13/h4-5,9-10,18H,2-3,6-8,11-12H2,1H3. The number of rotatable bonds is 5. The Morgan fingerprint density at radius 1 is 1.33 bits per heavy atom. The topological polar surface area (TPSA) is 63.8 Å². The Bertz CT molecular complexity index is 555. The summed E-state index contributed by atoms with van der Waals surface area (Å²) < 4.78 is 5.62. The van der Waals surface area contributed by atoms with Crippen molar-refractivity contribution in [1.29, 1.82) is 0 Å². The van der Waals surface area contributed by atoms with Crippen LogP contribution in [0, 0.1) is 0 Å². The summed E-state index contributed by atoms with van der Waals surface area (Å²) in [7, 11) is 0. The maximum atomic E-state index is 5.62. The second kappa shape index (κ2) is 6.35. The van der Waals surface area contributed by atoms with E-state index in [1.807, 2.05) is 12.1 Å². The molecule has 3 rings (SSSR count). The molecule has 0 saturated carbocycles. The Morgan fingerprint density at radius 2 is 2.19 bits per heavy atom. The van der Waals surface area contributed by atoms with Crippen molar-refractivity contribution in [3.8, 4) is 0 Å². The summed E-state index contributed by atoms with van der Waals surface area (Å²) in [6.07, 6.45) is 8.80. The summed E-state index contributed by atoms with van der Waals surface area (Å²) in [5.41, 5.74) is 1.18. The minimum Gasteiger partial charge on any atom is -0.339 e. The van der Waals surface area contributed by atoms with Crippen molar-refractivity contribution in [3.05, 3.63) is 41.8 Å². The zero-order valence-electron chi connectivity index (χ0n) is 12.5. The maximum Gasteiger partial charge on any atom is 0.234 e. The lowest BCUT2D eigenvalue weighted by atomic mass is 9.77. The third-order valence-electron chi connectivity index (χ3n) is 4.23. The molecule has 1 fully saturated rings. The van der Waals surface area contributed by atoms with Crippen molar-refractivity contribution < 1.29 is 4.52 Å². The highest BCUT2D eigenvalue weighted by Crippen LogP contribution is 2.34. The first kappa shape index (κ1) is 14.2. The van der Waals surface area contributed by atoms with Crippen molar-refractivity contribution in [1.82, 2.24) is 20.4 Å². The minimum absolute atomic E-state index is 0.0243. The van der Waals surface area contributed by atoms with Crippen LogP contribution in [0.5, 0.6) is 0 Å². The molecule has 0 radical (unpaired) electrons. The molecule has 1 saturated heterocycles. The number of aromatic nitrogens is 3. The van der Waals surface area contributed by atoms with Gasteiger partial charge < -0.3 is 9.84 Å². The van der Waals surface area contributed by atoms with Crippen LogP contribution in [0.2, 0.25) is 0 Å². The summed E-state index contributed by atoms with van der Waals surface area (Å²) >= 11 is 0. The van der Waals surface area contributed by atoms with Crippen molar-refractivity contribution >= 4 is 0 Å². The highest BCUT2D eigenvalue weighted by Gasteiger charge is 2.38. The summed E-state index contributed by atoms with van der Waals surface area (Å²) in [6.45, 7) is 4.24. The summed E-state index contributed by atoms with van der Waals surface area (Å²) in [5, 5.41) is 7.66. The van der Waals surface area contributed by atoms with Crippen molar-refractivity contribution in [3.63, 3.8) is 0 Å². The highest BCUT2D eigenvalue weighted by atomic mass is 16.5. The highest BCUT2D eigenvalue weighted by molar-refractivity contribution is 5.16. The number of hydrogen-bond acceptors (Lipinski definition) is 5. The molecular formula is C16H22N4O. The van der Waals surface area contributed by atoms with E-state index in [0.717, 1.165) is 49.6 Å². The molecular weight excluding hydrogens is 264 g/mol. The third kappa shape index (κ3) is 3.13. The quantitative estimate of drug-likeness (QED) is 0.914. The molecule has 5 heteroatoms. The molecule has 21 heavy (non-hydrogen) atoms. The molecule has 0 aliphatic carbocycles. The lowest BCUT2D eigenvalue weighted by Gasteiger charge is -2.34. The SMILES string of the molecule is CCCC1(c2nc(Cc3ccncc3)no2)CCCNC1. The largest absolute Gasteiger partial charge is 0.339 e. The Labute approximate surface area is 125 Å². The van der Waals surface area contributed by atoms with Gasteiger partial charge in [-0.25, -0.2) is 0 Å². The van der Waals surface area contributed by atoms with E-state index < -0.39 is 0 Å². The molecule has 2 aromatic rings. The molecule has 1 N–H and O–H groups in total. The Balaban J connectivity index is 1.79. The molecule has 0 spiro atoms. The van der Waals surface area contributed by atoms with Crippen LogP contribution in [-0.4, -0.2) is 28.2 Å². The molecule has 0 aromatic carbocycles. The van der Waals surface area contributed by atoms with Crippen LogP contribution in [0.3, 0.4) is 0 Å². The minimum atomic E-state index is 0.0243. The van der Waals surface area contributed by atoms with Crippen LogP contribution in [-0.2, 0) is 11.8 Å². The van der Waals surface area contributed by atoms with Crippen LogP contribution >= 0.6 is 0 Å². The fourth-order valence-electron chi connectivity index (χ4n) is 3.17. The van der Waals surface area contributed by atoms with E-state index in [9.17, 15) is 0 Å². The zero-order valence-corrected chi connectivity index (χ0v) is 12.5. The fraction of sp³-hybridized carbons (Fsp3) is 0.562. The van der Waals surface area contributed by atoms with E-state index in [1.54, 1.807) is 12.4 Å². The molecule has 2 aromatic heterocycles. The first-order valence-electron chi connectivity index (χ1n) is 7.75. The molecule has 1 unspecified atom stereocenters. The fourth-order valence-corrected chi connectivity index (χ4v) is 3.17. The Morgan fingerprint density at radius 3 is 2.90 bits per heavy atom. The lowest BCUT2D eigenvalue weighted by Crippen LogP contribution is -2.43.